The standard InChI is InChI=1S/C24H34/c1-19(2)24(20-14-10-8-11-15-20,21-16-12-9-13-17-21)23(6,7)18-22(3,4)5/h8-17,19H,18H2,1-7H3. The van der Waals surface area contributed by atoms with Gasteiger partial charge in [0.15, 0.2) is 0 Å². The molecule has 0 aliphatic heterocycles. The van der Waals surface area contributed by atoms with Crippen LogP contribution in [0.5, 0.6) is 0 Å². The van der Waals surface area contributed by atoms with Crippen molar-refractivity contribution in [1.29, 1.82) is 0 Å². The lowest BCUT2D eigenvalue weighted by atomic mass is 9.50. The van der Waals surface area contributed by atoms with Crippen molar-refractivity contribution in [2.45, 2.75) is 60.3 Å². The summed E-state index contributed by atoms with van der Waals surface area (Å²) in [4.78, 5) is 0. The van der Waals surface area contributed by atoms with E-state index in [1.165, 1.54) is 17.5 Å². The fourth-order valence-electron chi connectivity index (χ4n) is 5.26. The molecule has 24 heavy (non-hydrogen) atoms. The minimum atomic E-state index is -0.0111. The van der Waals surface area contributed by atoms with Gasteiger partial charge in [-0.1, -0.05) is 109 Å². The Labute approximate surface area is 149 Å². The lowest BCUT2D eigenvalue weighted by Crippen LogP contribution is -2.48. The number of rotatable bonds is 5. The fraction of sp³-hybridized carbons (Fsp3) is 0.500. The molecule has 0 bridgehead atoms. The fourth-order valence-corrected chi connectivity index (χ4v) is 5.26. The molecule has 0 spiro atoms. The summed E-state index contributed by atoms with van der Waals surface area (Å²) in [5.74, 6) is 0.500. The minimum Gasteiger partial charge on any atom is -0.0622 e. The van der Waals surface area contributed by atoms with Gasteiger partial charge >= 0.3 is 0 Å². The lowest BCUT2D eigenvalue weighted by Gasteiger charge is -2.53. The van der Waals surface area contributed by atoms with Crippen LogP contribution in [0.3, 0.4) is 0 Å². The van der Waals surface area contributed by atoms with E-state index in [0.717, 1.165) is 0 Å². The Balaban J connectivity index is 2.78. The molecule has 2 aromatic rings. The largest absolute Gasteiger partial charge is 0.0622 e. The van der Waals surface area contributed by atoms with Crippen LogP contribution in [0.15, 0.2) is 60.7 Å². The van der Waals surface area contributed by atoms with Crippen LogP contribution in [-0.2, 0) is 5.41 Å². The molecular formula is C24H34. The molecule has 0 saturated carbocycles. The average molecular weight is 323 g/mol. The summed E-state index contributed by atoms with van der Waals surface area (Å²) in [5.41, 5.74) is 3.26. The highest BCUT2D eigenvalue weighted by Crippen LogP contribution is 2.56. The molecule has 0 fully saturated rings. The number of hydrogen-bond donors (Lipinski definition) is 0. The van der Waals surface area contributed by atoms with Crippen LogP contribution in [-0.4, -0.2) is 0 Å². The van der Waals surface area contributed by atoms with Gasteiger partial charge < -0.3 is 0 Å². The Morgan fingerprint density at radius 3 is 1.33 bits per heavy atom. The number of hydrogen-bond acceptors (Lipinski definition) is 0. The predicted molar refractivity (Wildman–Crippen MR) is 106 cm³/mol. The van der Waals surface area contributed by atoms with Gasteiger partial charge in [0.2, 0.25) is 0 Å². The molecule has 0 aliphatic rings. The Bertz CT molecular complexity index is 587. The highest BCUT2D eigenvalue weighted by Gasteiger charge is 2.50. The van der Waals surface area contributed by atoms with Crippen molar-refractivity contribution in [3.8, 4) is 0 Å². The van der Waals surface area contributed by atoms with Crippen LogP contribution in [0.4, 0.5) is 0 Å². The van der Waals surface area contributed by atoms with Crippen molar-refractivity contribution in [2.24, 2.45) is 16.7 Å². The van der Waals surface area contributed by atoms with Gasteiger partial charge in [-0.2, -0.15) is 0 Å². The molecule has 0 radical (unpaired) electrons. The summed E-state index contributed by atoms with van der Waals surface area (Å²) in [6.07, 6.45) is 1.17. The Hall–Kier alpha value is -1.56. The quantitative estimate of drug-likeness (QED) is 0.551. The van der Waals surface area contributed by atoms with Gasteiger partial charge in [0.25, 0.3) is 0 Å². The number of benzene rings is 2. The first-order valence-corrected chi connectivity index (χ1v) is 9.22. The molecule has 0 amide bonds. The third kappa shape index (κ3) is 3.43. The van der Waals surface area contributed by atoms with Crippen LogP contribution >= 0.6 is 0 Å². The van der Waals surface area contributed by atoms with E-state index in [-0.39, 0.29) is 16.2 Å². The van der Waals surface area contributed by atoms with Crippen LogP contribution in [0, 0.1) is 16.7 Å². The Kier molecular flexibility index (Phi) is 5.28. The Morgan fingerprint density at radius 2 is 1.04 bits per heavy atom. The molecule has 0 heteroatoms. The SMILES string of the molecule is CC(C)C(c1ccccc1)(c1ccccc1)C(C)(C)CC(C)(C)C. The zero-order chi connectivity index (χ0) is 18.0. The molecule has 2 rings (SSSR count). The highest BCUT2D eigenvalue weighted by molar-refractivity contribution is 5.43. The van der Waals surface area contributed by atoms with Crippen LogP contribution < -0.4 is 0 Å². The van der Waals surface area contributed by atoms with E-state index in [1.54, 1.807) is 0 Å². The first-order valence-electron chi connectivity index (χ1n) is 9.22. The van der Waals surface area contributed by atoms with E-state index < -0.39 is 0 Å². The molecule has 0 aromatic heterocycles. The molecule has 0 nitrogen and oxygen atoms in total. The first kappa shape index (κ1) is 18.8. The van der Waals surface area contributed by atoms with Crippen molar-refractivity contribution >= 4 is 0 Å². The molecule has 0 saturated heterocycles. The van der Waals surface area contributed by atoms with Gasteiger partial charge in [-0.3, -0.25) is 0 Å². The second-order valence-corrected chi connectivity index (χ2v) is 9.32. The first-order chi connectivity index (χ1) is 11.1. The third-order valence-electron chi connectivity index (χ3n) is 5.36. The van der Waals surface area contributed by atoms with Crippen molar-refractivity contribution in [2.75, 3.05) is 0 Å². The molecular weight excluding hydrogens is 288 g/mol. The highest BCUT2D eigenvalue weighted by atomic mass is 14.5. The van der Waals surface area contributed by atoms with Crippen LogP contribution in [0.25, 0.3) is 0 Å². The van der Waals surface area contributed by atoms with Crippen molar-refractivity contribution in [3.63, 3.8) is 0 Å². The summed E-state index contributed by atoms with van der Waals surface area (Å²) in [5, 5.41) is 0. The van der Waals surface area contributed by atoms with Gasteiger partial charge in [-0.05, 0) is 34.3 Å². The molecule has 0 N–H and O–H groups in total. The van der Waals surface area contributed by atoms with E-state index in [2.05, 4.69) is 109 Å². The second kappa shape index (κ2) is 6.75. The maximum atomic E-state index is 2.46. The minimum absolute atomic E-state index is 0.0111. The maximum absolute atomic E-state index is 2.46. The third-order valence-corrected chi connectivity index (χ3v) is 5.36. The lowest BCUT2D eigenvalue weighted by molar-refractivity contribution is 0.0871. The van der Waals surface area contributed by atoms with Gasteiger partial charge in [0, 0.05) is 5.41 Å². The molecule has 0 aliphatic carbocycles. The predicted octanol–water partition coefficient (Wildman–Crippen LogP) is 7.09. The smallest absolute Gasteiger partial charge is 0.0276 e. The monoisotopic (exact) mass is 322 g/mol. The van der Waals surface area contributed by atoms with E-state index in [4.69, 9.17) is 0 Å². The van der Waals surface area contributed by atoms with Gasteiger partial charge in [0.1, 0.15) is 0 Å². The molecule has 0 unspecified atom stereocenters. The zero-order valence-corrected chi connectivity index (χ0v) is 16.6. The van der Waals surface area contributed by atoms with E-state index in [9.17, 15) is 0 Å². The summed E-state index contributed by atoms with van der Waals surface area (Å²) in [6.45, 7) is 16.7. The maximum Gasteiger partial charge on any atom is 0.0276 e. The van der Waals surface area contributed by atoms with Crippen LogP contribution in [0.2, 0.25) is 0 Å². The van der Waals surface area contributed by atoms with E-state index in [1.807, 2.05) is 0 Å². The second-order valence-electron chi connectivity index (χ2n) is 9.32. The van der Waals surface area contributed by atoms with Gasteiger partial charge in [-0.15, -0.1) is 0 Å². The molecule has 2 aromatic carbocycles. The van der Waals surface area contributed by atoms with E-state index >= 15 is 0 Å². The molecule has 0 heterocycles. The summed E-state index contributed by atoms with van der Waals surface area (Å²) in [6, 6.07) is 22.2. The molecule has 130 valence electrons. The summed E-state index contributed by atoms with van der Waals surface area (Å²) >= 11 is 0. The van der Waals surface area contributed by atoms with Gasteiger partial charge in [0.05, 0.1) is 0 Å². The normalized spacial score (nSPS) is 13.3. The summed E-state index contributed by atoms with van der Waals surface area (Å²) < 4.78 is 0. The van der Waals surface area contributed by atoms with Crippen molar-refractivity contribution in [3.05, 3.63) is 71.8 Å². The Morgan fingerprint density at radius 1 is 0.667 bits per heavy atom. The topological polar surface area (TPSA) is 0 Å². The van der Waals surface area contributed by atoms with Crippen molar-refractivity contribution < 1.29 is 0 Å². The van der Waals surface area contributed by atoms with Crippen molar-refractivity contribution in [1.82, 2.24) is 0 Å². The molecule has 0 atom stereocenters. The summed E-state index contributed by atoms with van der Waals surface area (Å²) in [7, 11) is 0. The van der Waals surface area contributed by atoms with E-state index in [0.29, 0.717) is 5.92 Å². The van der Waals surface area contributed by atoms with Crippen LogP contribution in [0.1, 0.15) is 66.0 Å². The average Bonchev–Trinajstić information content (AvgIpc) is 2.47. The van der Waals surface area contributed by atoms with Gasteiger partial charge in [-0.25, -0.2) is 0 Å². The zero-order valence-electron chi connectivity index (χ0n) is 16.6.